The number of carbonyl (C=O) groups is 2. The van der Waals surface area contributed by atoms with E-state index in [9.17, 15) is 9.59 Å². The molecular weight excluding hydrogens is 410 g/mol. The van der Waals surface area contributed by atoms with E-state index in [4.69, 9.17) is 0 Å². The van der Waals surface area contributed by atoms with Gasteiger partial charge in [-0.25, -0.2) is 0 Å². The first-order valence-electron chi connectivity index (χ1n) is 12.5. The van der Waals surface area contributed by atoms with E-state index in [1.54, 1.807) is 0 Å². The summed E-state index contributed by atoms with van der Waals surface area (Å²) in [6.45, 7) is 9.92. The normalized spacial score (nSPS) is 14.8. The summed E-state index contributed by atoms with van der Waals surface area (Å²) in [6, 6.07) is 14.4. The Morgan fingerprint density at radius 2 is 1.79 bits per heavy atom. The summed E-state index contributed by atoms with van der Waals surface area (Å²) in [4.78, 5) is 28.4. The van der Waals surface area contributed by atoms with Gasteiger partial charge in [-0.15, -0.1) is 0 Å². The second kappa shape index (κ2) is 11.9. The highest BCUT2D eigenvalue weighted by atomic mass is 16.2. The number of anilines is 2. The van der Waals surface area contributed by atoms with Crippen LogP contribution in [0.2, 0.25) is 0 Å². The van der Waals surface area contributed by atoms with Gasteiger partial charge < -0.3 is 15.5 Å². The maximum Gasteiger partial charge on any atom is 0.253 e. The summed E-state index contributed by atoms with van der Waals surface area (Å²) < 4.78 is 0. The number of hydrogen-bond donors (Lipinski definition) is 2. The Morgan fingerprint density at radius 3 is 2.48 bits per heavy atom. The molecule has 0 spiro atoms. The highest BCUT2D eigenvalue weighted by Crippen LogP contribution is 2.30. The maximum absolute atomic E-state index is 13.2. The molecule has 2 amide bonds. The summed E-state index contributed by atoms with van der Waals surface area (Å²) >= 11 is 0. The van der Waals surface area contributed by atoms with Crippen LogP contribution in [0.3, 0.4) is 0 Å². The first kappa shape index (κ1) is 24.8. The Hall–Kier alpha value is -2.82. The van der Waals surface area contributed by atoms with Crippen molar-refractivity contribution in [3.8, 4) is 0 Å². The van der Waals surface area contributed by atoms with Crippen LogP contribution in [0.15, 0.2) is 42.5 Å². The van der Waals surface area contributed by atoms with Crippen LogP contribution >= 0.6 is 0 Å². The molecule has 0 saturated heterocycles. The van der Waals surface area contributed by atoms with Gasteiger partial charge in [-0.3, -0.25) is 9.59 Å². The third kappa shape index (κ3) is 6.37. The molecule has 33 heavy (non-hydrogen) atoms. The van der Waals surface area contributed by atoms with Crippen LogP contribution in [-0.4, -0.2) is 24.4 Å². The number of carbonyl (C=O) groups excluding carboxylic acids is 2. The Kier molecular flexibility index (Phi) is 8.93. The lowest BCUT2D eigenvalue weighted by atomic mass is 9.97. The number of nitrogens with one attached hydrogen (secondary N) is 2. The molecule has 0 aliphatic carbocycles. The van der Waals surface area contributed by atoms with Gasteiger partial charge in [0.15, 0.2) is 0 Å². The van der Waals surface area contributed by atoms with Gasteiger partial charge in [0, 0.05) is 36.4 Å². The van der Waals surface area contributed by atoms with Gasteiger partial charge in [-0.2, -0.15) is 0 Å². The summed E-state index contributed by atoms with van der Waals surface area (Å²) in [5, 5.41) is 6.18. The van der Waals surface area contributed by atoms with Gasteiger partial charge in [-0.1, -0.05) is 57.9 Å². The Bertz CT molecular complexity index is 956. The fourth-order valence-corrected chi connectivity index (χ4v) is 4.39. The number of benzene rings is 2. The zero-order valence-corrected chi connectivity index (χ0v) is 20.6. The maximum atomic E-state index is 13.2. The number of unbranched alkanes of at least 4 members (excludes halogenated alkanes) is 1. The quantitative estimate of drug-likeness (QED) is 0.472. The van der Waals surface area contributed by atoms with Gasteiger partial charge in [0.25, 0.3) is 5.91 Å². The molecule has 1 heterocycles. The topological polar surface area (TPSA) is 61.4 Å². The third-order valence-corrected chi connectivity index (χ3v) is 6.74. The van der Waals surface area contributed by atoms with Crippen molar-refractivity contribution in [2.24, 2.45) is 5.92 Å². The van der Waals surface area contributed by atoms with Crippen molar-refractivity contribution < 1.29 is 9.59 Å². The predicted octanol–water partition coefficient (Wildman–Crippen LogP) is 5.93. The molecule has 0 fully saturated rings. The van der Waals surface area contributed by atoms with E-state index in [1.807, 2.05) is 25.1 Å². The minimum atomic E-state index is -0.0904. The molecule has 1 aliphatic heterocycles. The van der Waals surface area contributed by atoms with Crippen LogP contribution < -0.4 is 15.5 Å². The molecule has 0 saturated carbocycles. The Labute approximate surface area is 199 Å². The molecule has 0 bridgehead atoms. The summed E-state index contributed by atoms with van der Waals surface area (Å²) in [5.41, 5.74) is 4.90. The van der Waals surface area contributed by atoms with E-state index in [2.05, 4.69) is 60.6 Å². The molecule has 5 heteroatoms. The van der Waals surface area contributed by atoms with Crippen molar-refractivity contribution in [2.45, 2.75) is 78.8 Å². The van der Waals surface area contributed by atoms with E-state index in [0.29, 0.717) is 11.3 Å². The molecule has 0 radical (unpaired) electrons. The summed E-state index contributed by atoms with van der Waals surface area (Å²) in [5.74, 6) is -0.0492. The lowest BCUT2D eigenvalue weighted by molar-refractivity contribution is -0.120. The van der Waals surface area contributed by atoms with Crippen molar-refractivity contribution in [3.63, 3.8) is 0 Å². The van der Waals surface area contributed by atoms with Crippen molar-refractivity contribution >= 4 is 23.2 Å². The minimum Gasteiger partial charge on any atom is -0.366 e. The number of amides is 2. The van der Waals surface area contributed by atoms with E-state index in [-0.39, 0.29) is 23.8 Å². The van der Waals surface area contributed by atoms with Crippen molar-refractivity contribution in [1.82, 2.24) is 5.32 Å². The van der Waals surface area contributed by atoms with Gasteiger partial charge in [0.05, 0.1) is 5.56 Å². The largest absolute Gasteiger partial charge is 0.366 e. The molecular formula is C28H39N3O2. The fraction of sp³-hybridized carbons (Fsp3) is 0.500. The van der Waals surface area contributed by atoms with Gasteiger partial charge >= 0.3 is 0 Å². The highest BCUT2D eigenvalue weighted by Gasteiger charge is 2.23. The van der Waals surface area contributed by atoms with Crippen LogP contribution in [0.25, 0.3) is 0 Å². The smallest absolute Gasteiger partial charge is 0.253 e. The van der Waals surface area contributed by atoms with Gasteiger partial charge in [-0.05, 0) is 61.9 Å². The second-order valence-corrected chi connectivity index (χ2v) is 9.19. The molecule has 2 aromatic carbocycles. The van der Waals surface area contributed by atoms with Crippen molar-refractivity contribution in [2.75, 3.05) is 16.8 Å². The Balaban J connectivity index is 1.87. The van der Waals surface area contributed by atoms with Crippen LogP contribution in [0.4, 0.5) is 11.4 Å². The Morgan fingerprint density at radius 1 is 1.03 bits per heavy atom. The second-order valence-electron chi connectivity index (χ2n) is 9.19. The fourth-order valence-electron chi connectivity index (χ4n) is 4.39. The molecule has 1 aliphatic rings. The van der Waals surface area contributed by atoms with Gasteiger partial charge in [0.2, 0.25) is 5.91 Å². The van der Waals surface area contributed by atoms with Crippen LogP contribution in [0.5, 0.6) is 0 Å². The van der Waals surface area contributed by atoms with Crippen molar-refractivity contribution in [1.29, 1.82) is 0 Å². The molecule has 2 N–H and O–H groups in total. The predicted molar refractivity (Wildman–Crippen MR) is 137 cm³/mol. The average Bonchev–Trinajstić information content (AvgIpc) is 2.84. The number of hydrogen-bond acceptors (Lipinski definition) is 3. The SMILES string of the molecule is CCCCC(CC)C(=O)Nc1ccc(N2CCc3ccccc3C2)c(C(=O)NC(C)CC)c1. The summed E-state index contributed by atoms with van der Waals surface area (Å²) in [7, 11) is 0. The molecule has 0 aromatic heterocycles. The lowest BCUT2D eigenvalue weighted by Crippen LogP contribution is -2.36. The van der Waals surface area contributed by atoms with Crippen LogP contribution in [-0.2, 0) is 17.8 Å². The zero-order chi connectivity index (χ0) is 23.8. The third-order valence-electron chi connectivity index (χ3n) is 6.74. The molecule has 5 nitrogen and oxygen atoms in total. The standard InChI is InChI=1S/C28H39N3O2/c1-5-8-11-21(7-3)27(32)30-24-14-15-26(25(18-24)28(33)29-20(4)6-2)31-17-16-22-12-9-10-13-23(22)19-31/h9-10,12-15,18,20-21H,5-8,11,16-17,19H2,1-4H3,(H,29,33)(H,30,32). The highest BCUT2D eigenvalue weighted by molar-refractivity contribution is 6.02. The molecule has 2 atom stereocenters. The summed E-state index contributed by atoms with van der Waals surface area (Å²) in [6.07, 6.45) is 5.66. The van der Waals surface area contributed by atoms with Crippen LogP contribution in [0, 0.1) is 5.92 Å². The van der Waals surface area contributed by atoms with Crippen LogP contribution in [0.1, 0.15) is 81.3 Å². The van der Waals surface area contributed by atoms with Crippen molar-refractivity contribution in [3.05, 3.63) is 59.2 Å². The molecule has 2 aromatic rings. The van der Waals surface area contributed by atoms with E-state index < -0.39 is 0 Å². The first-order valence-corrected chi connectivity index (χ1v) is 12.5. The first-order chi connectivity index (χ1) is 16.0. The zero-order valence-electron chi connectivity index (χ0n) is 20.6. The molecule has 2 unspecified atom stereocenters. The van der Waals surface area contributed by atoms with E-state index in [0.717, 1.165) is 57.3 Å². The minimum absolute atomic E-state index is 0.000567. The average molecular weight is 450 g/mol. The molecule has 3 rings (SSSR count). The van der Waals surface area contributed by atoms with Gasteiger partial charge in [0.1, 0.15) is 0 Å². The van der Waals surface area contributed by atoms with E-state index in [1.165, 1.54) is 11.1 Å². The molecule has 178 valence electrons. The number of fused-ring (bicyclic) bond motifs is 1. The number of rotatable bonds is 10. The van der Waals surface area contributed by atoms with E-state index >= 15 is 0 Å². The lowest BCUT2D eigenvalue weighted by Gasteiger charge is -2.32. The monoisotopic (exact) mass is 449 g/mol. The number of nitrogens with zero attached hydrogens (tertiary/aromatic N) is 1.